The van der Waals surface area contributed by atoms with Crippen LogP contribution in [-0.4, -0.2) is 86.2 Å². The molecule has 0 aliphatic carbocycles. The molecule has 9 heteroatoms. The summed E-state index contributed by atoms with van der Waals surface area (Å²) in [5, 5.41) is 3.32. The number of hydrogen-bond acceptors (Lipinski definition) is 3. The zero-order valence-electron chi connectivity index (χ0n) is 16.7. The Bertz CT molecular complexity index is 589. The minimum absolute atomic E-state index is 0. The van der Waals surface area contributed by atoms with Crippen molar-refractivity contribution in [1.29, 1.82) is 0 Å². The van der Waals surface area contributed by atoms with Gasteiger partial charge in [0.05, 0.1) is 0 Å². The van der Waals surface area contributed by atoms with Crippen molar-refractivity contribution in [3.8, 4) is 0 Å². The second-order valence-electron chi connectivity index (χ2n) is 6.94. The summed E-state index contributed by atoms with van der Waals surface area (Å²) in [4.78, 5) is 10.0. The molecule has 1 heterocycles. The molecule has 1 saturated heterocycles. The van der Waals surface area contributed by atoms with E-state index >= 15 is 0 Å². The minimum Gasteiger partial charge on any atom is -0.355 e. The van der Waals surface area contributed by atoms with E-state index in [0.717, 1.165) is 25.6 Å². The van der Waals surface area contributed by atoms with Gasteiger partial charge in [0.25, 0.3) is 0 Å². The molecule has 1 unspecified atom stereocenters. The maximum absolute atomic E-state index is 12.9. The molecule has 0 saturated carbocycles. The van der Waals surface area contributed by atoms with Gasteiger partial charge >= 0.3 is 6.18 Å². The molecule has 1 aliphatic heterocycles. The van der Waals surface area contributed by atoms with Crippen molar-refractivity contribution < 1.29 is 13.2 Å². The fourth-order valence-electron chi connectivity index (χ4n) is 3.19. The minimum atomic E-state index is -4.18. The molecule has 28 heavy (non-hydrogen) atoms. The molecule has 5 nitrogen and oxygen atoms in total. The Balaban J connectivity index is 0.00000392. The van der Waals surface area contributed by atoms with Crippen LogP contribution in [-0.2, 0) is 6.54 Å². The molecule has 0 bridgehead atoms. The molecule has 0 aromatic heterocycles. The molecule has 0 spiro atoms. The monoisotopic (exact) mass is 513 g/mol. The summed E-state index contributed by atoms with van der Waals surface area (Å²) in [6, 6.07) is 8.87. The first-order valence-corrected chi connectivity index (χ1v) is 9.30. The molecule has 160 valence electrons. The Hall–Kier alpha value is -1.07. The summed E-state index contributed by atoms with van der Waals surface area (Å²) >= 11 is 0. The van der Waals surface area contributed by atoms with E-state index in [1.807, 2.05) is 23.1 Å². The highest BCUT2D eigenvalue weighted by molar-refractivity contribution is 14.0. The average Bonchev–Trinajstić information content (AvgIpc) is 2.65. The predicted octanol–water partition coefficient (Wildman–Crippen LogP) is 2.88. The van der Waals surface area contributed by atoms with Crippen LogP contribution in [0.1, 0.15) is 12.5 Å². The lowest BCUT2D eigenvalue weighted by molar-refractivity contribution is -0.181. The van der Waals surface area contributed by atoms with E-state index in [-0.39, 0.29) is 24.0 Å². The zero-order chi connectivity index (χ0) is 19.9. The number of nitrogens with zero attached hydrogens (tertiary/aromatic N) is 4. The van der Waals surface area contributed by atoms with Crippen LogP contribution in [0.2, 0.25) is 0 Å². The van der Waals surface area contributed by atoms with Crippen molar-refractivity contribution in [1.82, 2.24) is 20.0 Å². The van der Waals surface area contributed by atoms with E-state index in [1.165, 1.54) is 17.4 Å². The number of hydrogen-bond donors (Lipinski definition) is 1. The van der Waals surface area contributed by atoms with E-state index in [1.54, 1.807) is 7.05 Å². The molecular weight excluding hydrogens is 482 g/mol. The third-order valence-electron chi connectivity index (χ3n) is 4.92. The second-order valence-corrected chi connectivity index (χ2v) is 6.94. The van der Waals surface area contributed by atoms with Gasteiger partial charge in [0.1, 0.15) is 6.04 Å². The highest BCUT2D eigenvalue weighted by Crippen LogP contribution is 2.25. The Kier molecular flexibility index (Phi) is 10.5. The van der Waals surface area contributed by atoms with Gasteiger partial charge in [0.2, 0.25) is 0 Å². The first kappa shape index (κ1) is 25.0. The summed E-state index contributed by atoms with van der Waals surface area (Å²) in [7, 11) is 3.77. The first-order chi connectivity index (χ1) is 12.8. The van der Waals surface area contributed by atoms with Gasteiger partial charge < -0.3 is 15.1 Å². The zero-order valence-corrected chi connectivity index (χ0v) is 19.1. The van der Waals surface area contributed by atoms with Crippen LogP contribution in [0.4, 0.5) is 13.2 Å². The molecule has 0 radical (unpaired) electrons. The van der Waals surface area contributed by atoms with Crippen LogP contribution in [0.5, 0.6) is 0 Å². The number of likely N-dealkylation sites (N-methyl/N-ethyl adjacent to an activating group) is 1. The molecular formula is C19H31F3IN5. The van der Waals surface area contributed by atoms with E-state index in [4.69, 9.17) is 0 Å². The lowest BCUT2D eigenvalue weighted by atomic mass is 10.2. The molecule has 2 rings (SSSR count). The third-order valence-corrected chi connectivity index (χ3v) is 4.92. The number of piperazine rings is 1. The molecule has 1 fully saturated rings. The number of alkyl halides is 3. The van der Waals surface area contributed by atoms with Crippen LogP contribution in [0, 0.1) is 0 Å². The number of benzene rings is 1. The van der Waals surface area contributed by atoms with Crippen molar-refractivity contribution in [2.75, 3.05) is 53.4 Å². The van der Waals surface area contributed by atoms with Crippen molar-refractivity contribution in [3.63, 3.8) is 0 Å². The highest BCUT2D eigenvalue weighted by Gasteiger charge is 2.41. The standard InChI is InChI=1S/C19H30F3N5.HI/c1-16(19(20,21)22)26-11-13-27(14-12-26)18(23-2)24-9-10-25(3)15-17-7-5-4-6-8-17;/h4-8,16H,9-15H2,1-3H3,(H,23,24);1H. The van der Waals surface area contributed by atoms with Crippen molar-refractivity contribution in [2.24, 2.45) is 4.99 Å². The molecule has 1 aromatic rings. The number of halogens is 4. The summed E-state index contributed by atoms with van der Waals surface area (Å²) < 4.78 is 38.6. The van der Waals surface area contributed by atoms with Crippen LogP contribution in [0.25, 0.3) is 0 Å². The fourth-order valence-corrected chi connectivity index (χ4v) is 3.19. The summed E-state index contributed by atoms with van der Waals surface area (Å²) in [5.41, 5.74) is 1.26. The van der Waals surface area contributed by atoms with Crippen molar-refractivity contribution in [2.45, 2.75) is 25.7 Å². The average molecular weight is 513 g/mol. The van der Waals surface area contributed by atoms with Crippen LogP contribution >= 0.6 is 24.0 Å². The van der Waals surface area contributed by atoms with Crippen molar-refractivity contribution in [3.05, 3.63) is 35.9 Å². The van der Waals surface area contributed by atoms with Gasteiger partial charge in [-0.3, -0.25) is 9.89 Å². The smallest absolute Gasteiger partial charge is 0.355 e. The molecule has 1 aliphatic rings. The van der Waals surface area contributed by atoms with Gasteiger partial charge in [-0.25, -0.2) is 0 Å². The molecule has 1 aromatic carbocycles. The summed E-state index contributed by atoms with van der Waals surface area (Å²) in [6.45, 7) is 5.53. The number of rotatable bonds is 6. The van der Waals surface area contributed by atoms with Gasteiger partial charge in [-0.05, 0) is 19.5 Å². The maximum Gasteiger partial charge on any atom is 0.403 e. The largest absolute Gasteiger partial charge is 0.403 e. The topological polar surface area (TPSA) is 34.1 Å². The summed E-state index contributed by atoms with van der Waals surface area (Å²) in [6.07, 6.45) is -4.18. The quantitative estimate of drug-likeness (QED) is 0.361. The highest BCUT2D eigenvalue weighted by atomic mass is 127. The Morgan fingerprint density at radius 3 is 2.32 bits per heavy atom. The van der Waals surface area contributed by atoms with Gasteiger partial charge in [-0.15, -0.1) is 24.0 Å². The molecule has 0 amide bonds. The lowest BCUT2D eigenvalue weighted by Gasteiger charge is -2.39. The van der Waals surface area contributed by atoms with Crippen LogP contribution in [0.15, 0.2) is 35.3 Å². The number of guanidine groups is 1. The summed E-state index contributed by atoms with van der Waals surface area (Å²) in [5.74, 6) is 0.752. The number of nitrogens with one attached hydrogen (secondary N) is 1. The van der Waals surface area contributed by atoms with E-state index in [9.17, 15) is 13.2 Å². The lowest BCUT2D eigenvalue weighted by Crippen LogP contribution is -2.57. The predicted molar refractivity (Wildman–Crippen MR) is 118 cm³/mol. The van der Waals surface area contributed by atoms with E-state index < -0.39 is 12.2 Å². The van der Waals surface area contributed by atoms with Crippen LogP contribution in [0.3, 0.4) is 0 Å². The number of aliphatic imine (C=N–C) groups is 1. The van der Waals surface area contributed by atoms with Gasteiger partial charge in [0.15, 0.2) is 5.96 Å². The SMILES string of the molecule is CN=C(NCCN(C)Cc1ccccc1)N1CCN(C(C)C(F)(F)F)CC1.I. The third kappa shape index (κ3) is 7.75. The molecule has 1 atom stereocenters. The Morgan fingerprint density at radius 1 is 1.18 bits per heavy atom. The van der Waals surface area contributed by atoms with Gasteiger partial charge in [0, 0.05) is 52.9 Å². The molecule has 1 N–H and O–H groups in total. The van der Waals surface area contributed by atoms with Crippen LogP contribution < -0.4 is 5.32 Å². The van der Waals surface area contributed by atoms with Crippen molar-refractivity contribution >= 4 is 29.9 Å². The van der Waals surface area contributed by atoms with E-state index in [0.29, 0.717) is 26.2 Å². The van der Waals surface area contributed by atoms with Gasteiger partial charge in [-0.2, -0.15) is 13.2 Å². The fraction of sp³-hybridized carbons (Fsp3) is 0.632. The Labute approximate surface area is 183 Å². The second kappa shape index (κ2) is 11.8. The first-order valence-electron chi connectivity index (χ1n) is 9.30. The van der Waals surface area contributed by atoms with Gasteiger partial charge in [-0.1, -0.05) is 30.3 Å². The van der Waals surface area contributed by atoms with E-state index in [2.05, 4.69) is 34.4 Å². The Morgan fingerprint density at radius 2 is 1.79 bits per heavy atom. The normalized spacial score (nSPS) is 17.4. The maximum atomic E-state index is 12.9.